The van der Waals surface area contributed by atoms with Gasteiger partial charge < -0.3 is 0 Å². The summed E-state index contributed by atoms with van der Waals surface area (Å²) in [6.07, 6.45) is 3.38. The summed E-state index contributed by atoms with van der Waals surface area (Å²) in [5, 5.41) is 0. The van der Waals surface area contributed by atoms with E-state index in [1.54, 1.807) is 0 Å². The minimum atomic E-state index is 1.10. The molecule has 1 aromatic rings. The first kappa shape index (κ1) is 12.0. The highest BCUT2D eigenvalue weighted by atomic mass is 14.1. The summed E-state index contributed by atoms with van der Waals surface area (Å²) in [4.78, 5) is 0. The summed E-state index contributed by atoms with van der Waals surface area (Å²) in [6.45, 7) is 13.0. The lowest BCUT2D eigenvalue weighted by Gasteiger charge is -2.15. The Morgan fingerprint density at radius 2 is 1.87 bits per heavy atom. The second-order valence-electron chi connectivity index (χ2n) is 4.25. The Kier molecular flexibility index (Phi) is 4.14. The molecule has 82 valence electrons. The van der Waals surface area contributed by atoms with E-state index in [-0.39, 0.29) is 0 Å². The van der Waals surface area contributed by atoms with Gasteiger partial charge in [-0.2, -0.15) is 0 Å². The Labute approximate surface area is 94.0 Å². The molecule has 0 heterocycles. The molecule has 0 N–H and O–H groups in total. The molecule has 0 saturated heterocycles. The Hall–Kier alpha value is -1.04. The summed E-state index contributed by atoms with van der Waals surface area (Å²) in [5.74, 6) is 0. The SMILES string of the molecule is C=C(CCC)c1c(CC)ccc(C)c1C. The van der Waals surface area contributed by atoms with Crippen molar-refractivity contribution in [3.05, 3.63) is 41.0 Å². The zero-order valence-corrected chi connectivity index (χ0v) is 10.5. The maximum absolute atomic E-state index is 4.23. The number of hydrogen-bond acceptors (Lipinski definition) is 0. The van der Waals surface area contributed by atoms with E-state index in [0.29, 0.717) is 0 Å². The van der Waals surface area contributed by atoms with Crippen LogP contribution >= 0.6 is 0 Å². The molecule has 0 aromatic heterocycles. The Morgan fingerprint density at radius 1 is 1.20 bits per heavy atom. The third-order valence-corrected chi connectivity index (χ3v) is 3.11. The number of aryl methyl sites for hydroxylation is 2. The van der Waals surface area contributed by atoms with Crippen LogP contribution in [0.2, 0.25) is 0 Å². The lowest BCUT2D eigenvalue weighted by Crippen LogP contribution is -1.97. The monoisotopic (exact) mass is 202 g/mol. The van der Waals surface area contributed by atoms with E-state index in [1.165, 1.54) is 34.2 Å². The highest BCUT2D eigenvalue weighted by Gasteiger charge is 2.09. The molecule has 15 heavy (non-hydrogen) atoms. The van der Waals surface area contributed by atoms with Gasteiger partial charge in [-0.25, -0.2) is 0 Å². The summed E-state index contributed by atoms with van der Waals surface area (Å²) in [7, 11) is 0. The molecule has 0 aliphatic heterocycles. The number of rotatable bonds is 4. The van der Waals surface area contributed by atoms with Crippen LogP contribution in [0.4, 0.5) is 0 Å². The first-order chi connectivity index (χ1) is 7.11. The van der Waals surface area contributed by atoms with Crippen LogP contribution in [0.1, 0.15) is 48.9 Å². The molecule has 0 atom stereocenters. The summed E-state index contributed by atoms with van der Waals surface area (Å²) < 4.78 is 0. The molecule has 0 heteroatoms. The summed E-state index contributed by atoms with van der Waals surface area (Å²) in [5.41, 5.74) is 6.94. The van der Waals surface area contributed by atoms with Crippen molar-refractivity contribution in [1.82, 2.24) is 0 Å². The third kappa shape index (κ3) is 2.50. The van der Waals surface area contributed by atoms with Crippen LogP contribution < -0.4 is 0 Å². The number of benzene rings is 1. The van der Waals surface area contributed by atoms with E-state index in [2.05, 4.69) is 46.4 Å². The van der Waals surface area contributed by atoms with Gasteiger partial charge in [0.2, 0.25) is 0 Å². The van der Waals surface area contributed by atoms with Crippen molar-refractivity contribution in [3.63, 3.8) is 0 Å². The van der Waals surface area contributed by atoms with Crippen molar-refractivity contribution in [1.29, 1.82) is 0 Å². The van der Waals surface area contributed by atoms with E-state index in [9.17, 15) is 0 Å². The van der Waals surface area contributed by atoms with Gasteiger partial charge >= 0.3 is 0 Å². The van der Waals surface area contributed by atoms with Gasteiger partial charge in [0.25, 0.3) is 0 Å². The van der Waals surface area contributed by atoms with Gasteiger partial charge in [0.15, 0.2) is 0 Å². The van der Waals surface area contributed by atoms with Crippen LogP contribution in [0, 0.1) is 13.8 Å². The molecular weight excluding hydrogens is 180 g/mol. The topological polar surface area (TPSA) is 0 Å². The maximum atomic E-state index is 4.23. The van der Waals surface area contributed by atoms with Gasteiger partial charge in [0.1, 0.15) is 0 Å². The first-order valence-electron chi connectivity index (χ1n) is 5.89. The largest absolute Gasteiger partial charge is 0.0952 e. The van der Waals surface area contributed by atoms with Crippen LogP contribution in [-0.2, 0) is 6.42 Å². The number of allylic oxidation sites excluding steroid dienone is 1. The van der Waals surface area contributed by atoms with Gasteiger partial charge in [0.05, 0.1) is 0 Å². The molecule has 0 spiro atoms. The first-order valence-corrected chi connectivity index (χ1v) is 5.89. The highest BCUT2D eigenvalue weighted by molar-refractivity contribution is 5.70. The fourth-order valence-electron chi connectivity index (χ4n) is 2.09. The molecule has 0 radical (unpaired) electrons. The maximum Gasteiger partial charge on any atom is -0.0166 e. The fraction of sp³-hybridized carbons (Fsp3) is 0.467. The predicted octanol–water partition coefficient (Wildman–Crippen LogP) is 4.68. The second-order valence-corrected chi connectivity index (χ2v) is 4.25. The van der Waals surface area contributed by atoms with Crippen molar-refractivity contribution in [2.24, 2.45) is 0 Å². The van der Waals surface area contributed by atoms with Crippen molar-refractivity contribution in [2.45, 2.75) is 47.0 Å². The smallest absolute Gasteiger partial charge is 0.0166 e. The van der Waals surface area contributed by atoms with Gasteiger partial charge in [-0.05, 0) is 54.5 Å². The standard InChI is InChI=1S/C15H22/c1-6-8-12(4)15-13(5)11(3)9-10-14(15)7-2/h9-10H,4,6-8H2,1-3,5H3. The van der Waals surface area contributed by atoms with Crippen molar-refractivity contribution in [2.75, 3.05) is 0 Å². The predicted molar refractivity (Wildman–Crippen MR) is 69.2 cm³/mol. The molecule has 0 nitrogen and oxygen atoms in total. The summed E-state index contributed by atoms with van der Waals surface area (Å²) in [6, 6.07) is 4.47. The van der Waals surface area contributed by atoms with Gasteiger partial charge in [-0.1, -0.05) is 39.0 Å². The quantitative estimate of drug-likeness (QED) is 0.665. The van der Waals surface area contributed by atoms with E-state index >= 15 is 0 Å². The van der Waals surface area contributed by atoms with Crippen molar-refractivity contribution < 1.29 is 0 Å². The number of hydrogen-bond donors (Lipinski definition) is 0. The van der Waals surface area contributed by atoms with Gasteiger partial charge in [-0.3, -0.25) is 0 Å². The third-order valence-electron chi connectivity index (χ3n) is 3.11. The van der Waals surface area contributed by atoms with E-state index in [4.69, 9.17) is 0 Å². The van der Waals surface area contributed by atoms with Crippen LogP contribution in [0.5, 0.6) is 0 Å². The van der Waals surface area contributed by atoms with Crippen LogP contribution in [0.15, 0.2) is 18.7 Å². The zero-order valence-electron chi connectivity index (χ0n) is 10.5. The molecular formula is C15H22. The normalized spacial score (nSPS) is 10.4. The minimum Gasteiger partial charge on any atom is -0.0952 e. The molecule has 1 aromatic carbocycles. The van der Waals surface area contributed by atoms with Gasteiger partial charge in [0, 0.05) is 0 Å². The lowest BCUT2D eigenvalue weighted by molar-refractivity contribution is 0.966. The molecule has 0 fully saturated rings. The highest BCUT2D eigenvalue weighted by Crippen LogP contribution is 2.27. The lowest BCUT2D eigenvalue weighted by atomic mass is 9.90. The minimum absolute atomic E-state index is 1.10. The van der Waals surface area contributed by atoms with Crippen molar-refractivity contribution in [3.8, 4) is 0 Å². The van der Waals surface area contributed by atoms with Crippen molar-refractivity contribution >= 4 is 5.57 Å². The average molecular weight is 202 g/mol. The van der Waals surface area contributed by atoms with Crippen LogP contribution in [-0.4, -0.2) is 0 Å². The zero-order chi connectivity index (χ0) is 11.4. The van der Waals surface area contributed by atoms with E-state index in [1.807, 2.05) is 0 Å². The summed E-state index contributed by atoms with van der Waals surface area (Å²) >= 11 is 0. The van der Waals surface area contributed by atoms with Crippen LogP contribution in [0.3, 0.4) is 0 Å². The molecule has 0 amide bonds. The molecule has 0 saturated carbocycles. The van der Waals surface area contributed by atoms with Crippen LogP contribution in [0.25, 0.3) is 5.57 Å². The second kappa shape index (κ2) is 5.16. The average Bonchev–Trinajstić information content (AvgIpc) is 2.22. The fourth-order valence-corrected chi connectivity index (χ4v) is 2.09. The molecule has 0 bridgehead atoms. The van der Waals surface area contributed by atoms with E-state index in [0.717, 1.165) is 12.8 Å². The Morgan fingerprint density at radius 3 is 2.40 bits per heavy atom. The molecule has 0 aliphatic rings. The molecule has 1 rings (SSSR count). The van der Waals surface area contributed by atoms with Gasteiger partial charge in [-0.15, -0.1) is 0 Å². The Bertz CT molecular complexity index is 359. The van der Waals surface area contributed by atoms with E-state index < -0.39 is 0 Å². The molecule has 0 unspecified atom stereocenters. The Balaban J connectivity index is 3.23. The molecule has 0 aliphatic carbocycles.